The molecule has 0 radical (unpaired) electrons. The van der Waals surface area contributed by atoms with Gasteiger partial charge in [0.25, 0.3) is 0 Å². The van der Waals surface area contributed by atoms with Gasteiger partial charge in [-0.05, 0) is 35.7 Å². The molecule has 0 fully saturated rings. The van der Waals surface area contributed by atoms with Crippen LogP contribution in [0.4, 0.5) is 5.69 Å². The summed E-state index contributed by atoms with van der Waals surface area (Å²) >= 11 is 0. The third-order valence-corrected chi connectivity index (χ3v) is 3.36. The molecule has 2 aromatic rings. The zero-order valence-electron chi connectivity index (χ0n) is 10.8. The van der Waals surface area contributed by atoms with Crippen LogP contribution in [0.2, 0.25) is 0 Å². The number of fused-ring (bicyclic) bond motifs is 1. The molecule has 2 N–H and O–H groups in total. The van der Waals surface area contributed by atoms with E-state index in [1.807, 2.05) is 12.1 Å². The number of nitrogens with two attached hydrogens (primary N) is 1. The molecule has 1 aliphatic heterocycles. The molecule has 0 aliphatic carbocycles. The zero-order chi connectivity index (χ0) is 13.2. The summed E-state index contributed by atoms with van der Waals surface area (Å²) in [7, 11) is 1.58. The second-order valence-electron chi connectivity index (χ2n) is 4.58. The van der Waals surface area contributed by atoms with Crippen LogP contribution in [0.1, 0.15) is 11.1 Å². The van der Waals surface area contributed by atoms with E-state index in [2.05, 4.69) is 23.2 Å². The summed E-state index contributed by atoms with van der Waals surface area (Å²) in [5, 5.41) is 0. The van der Waals surface area contributed by atoms with Crippen molar-refractivity contribution in [2.24, 2.45) is 0 Å². The number of rotatable bonds is 2. The van der Waals surface area contributed by atoms with Crippen molar-refractivity contribution in [1.29, 1.82) is 0 Å². The van der Waals surface area contributed by atoms with Gasteiger partial charge in [0.15, 0.2) is 0 Å². The van der Waals surface area contributed by atoms with Gasteiger partial charge in [-0.25, -0.2) is 4.98 Å². The average Bonchev–Trinajstić information content (AvgIpc) is 2.47. The van der Waals surface area contributed by atoms with Crippen molar-refractivity contribution < 1.29 is 9.47 Å². The van der Waals surface area contributed by atoms with Gasteiger partial charge in [-0.2, -0.15) is 0 Å². The van der Waals surface area contributed by atoms with Crippen LogP contribution in [-0.4, -0.2) is 18.7 Å². The maximum absolute atomic E-state index is 5.78. The third-order valence-electron chi connectivity index (χ3n) is 3.36. The van der Waals surface area contributed by atoms with Crippen LogP contribution < -0.4 is 10.5 Å². The largest absolute Gasteiger partial charge is 0.480 e. The van der Waals surface area contributed by atoms with Crippen LogP contribution >= 0.6 is 0 Å². The van der Waals surface area contributed by atoms with E-state index in [-0.39, 0.29) is 0 Å². The highest BCUT2D eigenvalue weighted by molar-refractivity contribution is 5.65. The minimum Gasteiger partial charge on any atom is -0.480 e. The molecule has 0 saturated heterocycles. The molecule has 1 aromatic carbocycles. The van der Waals surface area contributed by atoms with Crippen LogP contribution in [0.5, 0.6) is 5.88 Å². The zero-order valence-corrected chi connectivity index (χ0v) is 10.8. The number of hydrogen-bond donors (Lipinski definition) is 1. The van der Waals surface area contributed by atoms with Crippen molar-refractivity contribution in [1.82, 2.24) is 4.98 Å². The van der Waals surface area contributed by atoms with Gasteiger partial charge in [-0.3, -0.25) is 0 Å². The van der Waals surface area contributed by atoms with E-state index in [1.54, 1.807) is 7.11 Å². The Morgan fingerprint density at radius 2 is 2.11 bits per heavy atom. The highest BCUT2D eigenvalue weighted by atomic mass is 16.5. The van der Waals surface area contributed by atoms with Gasteiger partial charge in [0.05, 0.1) is 31.7 Å². The molecule has 0 atom stereocenters. The highest BCUT2D eigenvalue weighted by Crippen LogP contribution is 2.27. The summed E-state index contributed by atoms with van der Waals surface area (Å²) in [5.74, 6) is 0.471. The van der Waals surface area contributed by atoms with Gasteiger partial charge in [0, 0.05) is 5.56 Å². The summed E-state index contributed by atoms with van der Waals surface area (Å²) in [5.41, 5.74) is 10.9. The molecule has 0 saturated carbocycles. The molecule has 0 bridgehead atoms. The van der Waals surface area contributed by atoms with E-state index < -0.39 is 0 Å². The Kier molecular flexibility index (Phi) is 3.09. The van der Waals surface area contributed by atoms with Gasteiger partial charge in [0.1, 0.15) is 0 Å². The molecule has 0 spiro atoms. The first kappa shape index (κ1) is 12.0. The number of pyridine rings is 1. The topological polar surface area (TPSA) is 57.4 Å². The Balaban J connectivity index is 2.02. The molecule has 4 heteroatoms. The fraction of sp³-hybridized carbons (Fsp3) is 0.267. The first-order valence-electron chi connectivity index (χ1n) is 6.28. The molecule has 98 valence electrons. The molecular formula is C15H16N2O2. The van der Waals surface area contributed by atoms with Gasteiger partial charge in [-0.15, -0.1) is 0 Å². The number of anilines is 1. The van der Waals surface area contributed by atoms with Crippen molar-refractivity contribution >= 4 is 5.69 Å². The molecule has 2 heterocycles. The molecular weight excluding hydrogens is 240 g/mol. The van der Waals surface area contributed by atoms with E-state index in [9.17, 15) is 0 Å². The smallest absolute Gasteiger partial charge is 0.237 e. The van der Waals surface area contributed by atoms with E-state index in [4.69, 9.17) is 15.2 Å². The lowest BCUT2D eigenvalue weighted by molar-refractivity contribution is 0.111. The quantitative estimate of drug-likeness (QED) is 0.896. The first-order valence-corrected chi connectivity index (χ1v) is 6.28. The number of methoxy groups -OCH3 is 1. The Morgan fingerprint density at radius 3 is 2.95 bits per heavy atom. The van der Waals surface area contributed by atoms with E-state index in [0.29, 0.717) is 18.2 Å². The minimum absolute atomic E-state index is 0.471. The minimum atomic E-state index is 0.471. The van der Waals surface area contributed by atoms with E-state index in [1.165, 1.54) is 11.1 Å². The molecule has 0 unspecified atom stereocenters. The summed E-state index contributed by atoms with van der Waals surface area (Å²) < 4.78 is 10.6. The van der Waals surface area contributed by atoms with Crippen LogP contribution in [0.3, 0.4) is 0 Å². The van der Waals surface area contributed by atoms with Crippen molar-refractivity contribution in [3.8, 4) is 17.1 Å². The summed E-state index contributed by atoms with van der Waals surface area (Å²) in [6.45, 7) is 1.49. The average molecular weight is 256 g/mol. The Morgan fingerprint density at radius 1 is 1.21 bits per heavy atom. The van der Waals surface area contributed by atoms with E-state index in [0.717, 1.165) is 24.3 Å². The van der Waals surface area contributed by atoms with Crippen molar-refractivity contribution in [3.05, 3.63) is 41.5 Å². The Bertz CT molecular complexity index is 611. The maximum atomic E-state index is 5.78. The van der Waals surface area contributed by atoms with Crippen molar-refractivity contribution in [2.75, 3.05) is 19.5 Å². The fourth-order valence-corrected chi connectivity index (χ4v) is 2.30. The number of nitrogens with zero attached hydrogens (tertiary/aromatic N) is 1. The molecule has 0 amide bonds. The molecule has 4 nitrogen and oxygen atoms in total. The number of ether oxygens (including phenoxy) is 2. The van der Waals surface area contributed by atoms with Gasteiger partial charge in [0.2, 0.25) is 5.88 Å². The lowest BCUT2D eigenvalue weighted by Gasteiger charge is -2.17. The second-order valence-corrected chi connectivity index (χ2v) is 4.58. The summed E-state index contributed by atoms with van der Waals surface area (Å²) in [4.78, 5) is 4.43. The number of hydrogen-bond acceptors (Lipinski definition) is 4. The standard InChI is InChI=1S/C15H16N2O2/c1-18-15-13(16)4-5-14(17-15)11-2-3-12-9-19-7-6-10(12)8-11/h2-5,8H,6-7,9,16H2,1H3. The summed E-state index contributed by atoms with van der Waals surface area (Å²) in [6, 6.07) is 10.1. The van der Waals surface area contributed by atoms with Crippen molar-refractivity contribution in [3.63, 3.8) is 0 Å². The maximum Gasteiger partial charge on any atom is 0.237 e. The first-order chi connectivity index (χ1) is 9.28. The number of benzene rings is 1. The van der Waals surface area contributed by atoms with Gasteiger partial charge >= 0.3 is 0 Å². The van der Waals surface area contributed by atoms with Crippen LogP contribution in [0, 0.1) is 0 Å². The number of aromatic nitrogens is 1. The van der Waals surface area contributed by atoms with Gasteiger partial charge < -0.3 is 15.2 Å². The number of nitrogen functional groups attached to an aromatic ring is 1. The molecule has 1 aliphatic rings. The molecule has 19 heavy (non-hydrogen) atoms. The van der Waals surface area contributed by atoms with Crippen molar-refractivity contribution in [2.45, 2.75) is 13.0 Å². The lowest BCUT2D eigenvalue weighted by atomic mass is 9.99. The third kappa shape index (κ3) is 2.27. The normalized spacial score (nSPS) is 13.9. The molecule has 1 aromatic heterocycles. The monoisotopic (exact) mass is 256 g/mol. The lowest BCUT2D eigenvalue weighted by Crippen LogP contribution is -2.09. The Labute approximate surface area is 112 Å². The highest BCUT2D eigenvalue weighted by Gasteiger charge is 2.12. The summed E-state index contributed by atoms with van der Waals surface area (Å²) in [6.07, 6.45) is 0.954. The van der Waals surface area contributed by atoms with Crippen LogP contribution in [-0.2, 0) is 17.8 Å². The van der Waals surface area contributed by atoms with E-state index >= 15 is 0 Å². The second kappa shape index (κ2) is 4.90. The molecule has 3 rings (SSSR count). The predicted octanol–water partition coefficient (Wildman–Crippen LogP) is 2.41. The van der Waals surface area contributed by atoms with Crippen LogP contribution in [0.15, 0.2) is 30.3 Å². The van der Waals surface area contributed by atoms with Crippen LogP contribution in [0.25, 0.3) is 11.3 Å². The Hall–Kier alpha value is -2.07. The predicted molar refractivity (Wildman–Crippen MR) is 74.0 cm³/mol. The fourth-order valence-electron chi connectivity index (χ4n) is 2.30. The SMILES string of the molecule is COc1nc(-c2ccc3c(c2)CCOC3)ccc1N. The van der Waals surface area contributed by atoms with Gasteiger partial charge in [-0.1, -0.05) is 12.1 Å².